The van der Waals surface area contributed by atoms with Crippen molar-refractivity contribution in [1.82, 2.24) is 0 Å². The molecule has 114 valence electrons. The number of ketones is 3. The van der Waals surface area contributed by atoms with Crippen molar-refractivity contribution in [2.45, 2.75) is 18.9 Å². The Morgan fingerprint density at radius 1 is 1.14 bits per heavy atom. The molecule has 3 rings (SSSR count). The summed E-state index contributed by atoms with van der Waals surface area (Å²) in [7, 11) is 0. The highest BCUT2D eigenvalue weighted by molar-refractivity contribution is 6.44. The molecule has 22 heavy (non-hydrogen) atoms. The van der Waals surface area contributed by atoms with Gasteiger partial charge in [-0.25, -0.2) is 0 Å². The van der Waals surface area contributed by atoms with Gasteiger partial charge in [0.15, 0.2) is 5.78 Å². The number of carbonyl (C=O) groups is 4. The molecule has 4 unspecified atom stereocenters. The van der Waals surface area contributed by atoms with E-state index >= 15 is 0 Å². The van der Waals surface area contributed by atoms with Crippen LogP contribution in [0.1, 0.15) is 22.3 Å². The fourth-order valence-electron chi connectivity index (χ4n) is 3.52. The summed E-state index contributed by atoms with van der Waals surface area (Å²) >= 11 is 0. The predicted octanol–water partition coefficient (Wildman–Crippen LogP) is 0.228. The molecule has 0 spiro atoms. The third-order valence-electron chi connectivity index (χ3n) is 4.66. The summed E-state index contributed by atoms with van der Waals surface area (Å²) in [6, 6.07) is 5.58. The van der Waals surface area contributed by atoms with Crippen LogP contribution in [0.15, 0.2) is 24.3 Å². The number of rotatable bonds is 2. The van der Waals surface area contributed by atoms with Crippen molar-refractivity contribution in [3.63, 3.8) is 0 Å². The van der Waals surface area contributed by atoms with Crippen molar-refractivity contribution in [1.29, 1.82) is 0 Å². The number of fused-ring (bicyclic) bond motifs is 2. The summed E-state index contributed by atoms with van der Waals surface area (Å²) in [5.74, 6) is -5.67. The van der Waals surface area contributed by atoms with Crippen LogP contribution in [0.4, 0.5) is 0 Å². The normalized spacial score (nSPS) is 28.8. The molecule has 3 N–H and O–H groups in total. The zero-order valence-corrected chi connectivity index (χ0v) is 11.7. The lowest BCUT2D eigenvalue weighted by atomic mass is 9.63. The molecule has 0 bridgehead atoms. The average molecular weight is 301 g/mol. The van der Waals surface area contributed by atoms with Crippen molar-refractivity contribution < 1.29 is 24.3 Å². The molecule has 1 aromatic rings. The second-order valence-electron chi connectivity index (χ2n) is 5.90. The van der Waals surface area contributed by atoms with E-state index in [1.807, 2.05) is 12.1 Å². The number of hydrogen-bond donors (Lipinski definition) is 2. The zero-order chi connectivity index (χ0) is 16.0. The van der Waals surface area contributed by atoms with Gasteiger partial charge in [-0.05, 0) is 24.3 Å². The second kappa shape index (κ2) is 5.14. The van der Waals surface area contributed by atoms with E-state index in [9.17, 15) is 19.2 Å². The van der Waals surface area contributed by atoms with E-state index in [4.69, 9.17) is 10.8 Å². The van der Waals surface area contributed by atoms with Gasteiger partial charge in [0, 0.05) is 5.56 Å². The summed E-state index contributed by atoms with van der Waals surface area (Å²) < 4.78 is 0. The SMILES string of the molecule is NC(C(=O)O)C1CC2Cc3ccccc3C(=O)C2C(=O)C1=O. The van der Waals surface area contributed by atoms with E-state index < -0.39 is 35.4 Å². The highest BCUT2D eigenvalue weighted by Gasteiger charge is 2.51. The first kappa shape index (κ1) is 14.6. The summed E-state index contributed by atoms with van der Waals surface area (Å²) in [6.45, 7) is 0. The van der Waals surface area contributed by atoms with E-state index in [0.29, 0.717) is 12.0 Å². The zero-order valence-electron chi connectivity index (χ0n) is 11.7. The number of nitrogens with two attached hydrogens (primary N) is 1. The molecule has 0 aliphatic heterocycles. The van der Waals surface area contributed by atoms with Crippen LogP contribution in [-0.4, -0.2) is 34.5 Å². The maximum absolute atomic E-state index is 12.5. The van der Waals surface area contributed by atoms with E-state index in [2.05, 4.69) is 0 Å². The molecule has 4 atom stereocenters. The molecule has 1 saturated carbocycles. The number of aliphatic carboxylic acids is 1. The van der Waals surface area contributed by atoms with Crippen LogP contribution in [-0.2, 0) is 20.8 Å². The Hall–Kier alpha value is -2.34. The van der Waals surface area contributed by atoms with Crippen LogP contribution in [0.2, 0.25) is 0 Å². The molecule has 2 aliphatic rings. The van der Waals surface area contributed by atoms with Gasteiger partial charge in [0.05, 0.1) is 11.8 Å². The largest absolute Gasteiger partial charge is 0.480 e. The van der Waals surface area contributed by atoms with E-state index in [1.54, 1.807) is 12.1 Å². The maximum atomic E-state index is 12.5. The molecule has 1 fully saturated rings. The Labute approximate surface area is 126 Å². The van der Waals surface area contributed by atoms with Gasteiger partial charge in [0.2, 0.25) is 11.6 Å². The lowest BCUT2D eigenvalue weighted by Gasteiger charge is -2.37. The number of benzene rings is 1. The van der Waals surface area contributed by atoms with Crippen molar-refractivity contribution >= 4 is 23.3 Å². The van der Waals surface area contributed by atoms with Crippen LogP contribution in [0.3, 0.4) is 0 Å². The van der Waals surface area contributed by atoms with E-state index in [-0.39, 0.29) is 18.1 Å². The van der Waals surface area contributed by atoms with Gasteiger partial charge in [-0.3, -0.25) is 19.2 Å². The first-order chi connectivity index (χ1) is 10.4. The van der Waals surface area contributed by atoms with Crippen molar-refractivity contribution in [2.24, 2.45) is 23.5 Å². The number of carboxylic acids is 1. The summed E-state index contributed by atoms with van der Waals surface area (Å²) in [4.78, 5) is 48.0. The minimum atomic E-state index is -1.41. The summed E-state index contributed by atoms with van der Waals surface area (Å²) in [5, 5.41) is 8.99. The number of Topliss-reactive ketones (excluding diaryl/α,β-unsaturated/α-hetero) is 3. The molecule has 6 heteroatoms. The molecule has 0 radical (unpaired) electrons. The third kappa shape index (κ3) is 2.07. The number of carboxylic acid groups (broad SMARTS) is 1. The van der Waals surface area contributed by atoms with E-state index in [0.717, 1.165) is 5.56 Å². The number of hydrogen-bond acceptors (Lipinski definition) is 5. The molecule has 6 nitrogen and oxygen atoms in total. The van der Waals surface area contributed by atoms with Crippen LogP contribution < -0.4 is 5.73 Å². The van der Waals surface area contributed by atoms with Gasteiger partial charge in [-0.1, -0.05) is 24.3 Å². The summed E-state index contributed by atoms with van der Waals surface area (Å²) in [6.07, 6.45) is 0.636. The molecule has 0 aromatic heterocycles. The smallest absolute Gasteiger partial charge is 0.321 e. The van der Waals surface area contributed by atoms with Gasteiger partial charge in [0.25, 0.3) is 0 Å². The lowest BCUT2D eigenvalue weighted by molar-refractivity contribution is -0.149. The third-order valence-corrected chi connectivity index (χ3v) is 4.66. The second-order valence-corrected chi connectivity index (χ2v) is 5.90. The molecular weight excluding hydrogens is 286 g/mol. The predicted molar refractivity (Wildman–Crippen MR) is 75.2 cm³/mol. The lowest BCUT2D eigenvalue weighted by Crippen LogP contribution is -2.54. The molecule has 0 heterocycles. The first-order valence-electron chi connectivity index (χ1n) is 7.10. The topological polar surface area (TPSA) is 115 Å². The Bertz CT molecular complexity index is 696. The van der Waals surface area contributed by atoms with Crippen molar-refractivity contribution in [2.75, 3.05) is 0 Å². The molecule has 1 aromatic carbocycles. The molecule has 0 amide bonds. The Morgan fingerprint density at radius 2 is 1.82 bits per heavy atom. The fraction of sp³-hybridized carbons (Fsp3) is 0.375. The van der Waals surface area contributed by atoms with Crippen molar-refractivity contribution in [3.8, 4) is 0 Å². The quantitative estimate of drug-likeness (QED) is 0.597. The molecule has 0 saturated heterocycles. The van der Waals surface area contributed by atoms with Gasteiger partial charge >= 0.3 is 5.97 Å². The van der Waals surface area contributed by atoms with Gasteiger partial charge in [-0.2, -0.15) is 0 Å². The van der Waals surface area contributed by atoms with E-state index in [1.165, 1.54) is 0 Å². The van der Waals surface area contributed by atoms with Gasteiger partial charge in [-0.15, -0.1) is 0 Å². The highest BCUT2D eigenvalue weighted by atomic mass is 16.4. The Morgan fingerprint density at radius 3 is 2.50 bits per heavy atom. The molecular formula is C16H15NO5. The Kier molecular flexibility index (Phi) is 3.41. The van der Waals surface area contributed by atoms with Crippen molar-refractivity contribution in [3.05, 3.63) is 35.4 Å². The van der Waals surface area contributed by atoms with Crippen LogP contribution in [0, 0.1) is 17.8 Å². The first-order valence-corrected chi connectivity index (χ1v) is 7.10. The Balaban J connectivity index is 1.98. The monoisotopic (exact) mass is 301 g/mol. The minimum Gasteiger partial charge on any atom is -0.480 e. The van der Waals surface area contributed by atoms with Gasteiger partial charge < -0.3 is 10.8 Å². The minimum absolute atomic E-state index is 0.156. The average Bonchev–Trinajstić information content (AvgIpc) is 2.50. The molecule has 2 aliphatic carbocycles. The maximum Gasteiger partial charge on any atom is 0.321 e. The number of carbonyl (C=O) groups excluding carboxylic acids is 3. The van der Waals surface area contributed by atoms with Gasteiger partial charge in [0.1, 0.15) is 6.04 Å². The van der Waals surface area contributed by atoms with Crippen LogP contribution >= 0.6 is 0 Å². The van der Waals surface area contributed by atoms with Crippen LogP contribution in [0.5, 0.6) is 0 Å². The fourth-order valence-corrected chi connectivity index (χ4v) is 3.52. The van der Waals surface area contributed by atoms with Crippen LogP contribution in [0.25, 0.3) is 0 Å². The summed E-state index contributed by atoms with van der Waals surface area (Å²) in [5.41, 5.74) is 6.85. The standard InChI is InChI=1S/C16H15NO5/c17-12(16(21)22)10-6-8-5-7-3-1-2-4-9(7)13(18)11(8)15(20)14(10)19/h1-4,8,10-12H,5-6,17H2,(H,21,22). The highest BCUT2D eigenvalue weighted by Crippen LogP contribution is 2.39.